The van der Waals surface area contributed by atoms with Gasteiger partial charge in [-0.15, -0.1) is 0 Å². The van der Waals surface area contributed by atoms with Crippen molar-refractivity contribution in [2.75, 3.05) is 5.73 Å². The molecule has 2 N–H and O–H groups in total. The second-order valence-electron chi connectivity index (χ2n) is 3.43. The van der Waals surface area contributed by atoms with E-state index < -0.39 is 0 Å². The Bertz CT molecular complexity index is 602. The van der Waals surface area contributed by atoms with Crippen LogP contribution in [0.1, 0.15) is 12.6 Å². The molecule has 1 aromatic heterocycles. The Morgan fingerprint density at radius 2 is 2.20 bits per heavy atom. The average molecular weight is 203 g/mol. The summed E-state index contributed by atoms with van der Waals surface area (Å²) in [5.41, 5.74) is 8.28. The van der Waals surface area contributed by atoms with Gasteiger partial charge in [-0.3, -0.25) is 0 Å². The lowest BCUT2D eigenvalue weighted by Gasteiger charge is -2.04. The molecule has 0 aliphatic carbocycles. The van der Waals surface area contributed by atoms with E-state index in [0.717, 1.165) is 16.5 Å². The van der Waals surface area contributed by atoms with E-state index in [1.54, 1.807) is 18.2 Å². The van der Waals surface area contributed by atoms with Crippen molar-refractivity contribution in [3.63, 3.8) is 0 Å². The molecule has 0 saturated heterocycles. The standard InChI is InChI=1S/C12H11NO2.H2/c1-3-8-5-11-9(6-10(8)13)7(2)4-12(14)15-11;/h3-6H,1,13H2,2H3;1H. The highest BCUT2D eigenvalue weighted by Gasteiger charge is 2.05. The van der Waals surface area contributed by atoms with Crippen LogP contribution in [0.2, 0.25) is 0 Å². The summed E-state index contributed by atoms with van der Waals surface area (Å²) in [4.78, 5) is 11.2. The van der Waals surface area contributed by atoms with E-state index in [-0.39, 0.29) is 7.05 Å². The number of aryl methyl sites for hydroxylation is 1. The molecule has 0 bridgehead atoms. The third-order valence-electron chi connectivity index (χ3n) is 2.37. The molecule has 15 heavy (non-hydrogen) atoms. The van der Waals surface area contributed by atoms with Crippen molar-refractivity contribution in [2.24, 2.45) is 0 Å². The van der Waals surface area contributed by atoms with Gasteiger partial charge < -0.3 is 10.2 Å². The van der Waals surface area contributed by atoms with Gasteiger partial charge in [-0.1, -0.05) is 12.7 Å². The van der Waals surface area contributed by atoms with E-state index in [9.17, 15) is 4.79 Å². The number of hydrogen-bond donors (Lipinski definition) is 1. The van der Waals surface area contributed by atoms with E-state index in [4.69, 9.17) is 10.2 Å². The van der Waals surface area contributed by atoms with Crippen LogP contribution in [0.3, 0.4) is 0 Å². The van der Waals surface area contributed by atoms with Gasteiger partial charge in [0, 0.05) is 24.1 Å². The second-order valence-corrected chi connectivity index (χ2v) is 3.43. The van der Waals surface area contributed by atoms with Crippen LogP contribution in [-0.4, -0.2) is 0 Å². The predicted molar refractivity (Wildman–Crippen MR) is 63.8 cm³/mol. The molecule has 0 spiro atoms. The molecule has 0 fully saturated rings. The first-order chi connectivity index (χ1) is 7.11. The minimum Gasteiger partial charge on any atom is -0.423 e. The van der Waals surface area contributed by atoms with Gasteiger partial charge in [0.25, 0.3) is 0 Å². The molecule has 3 heteroatoms. The van der Waals surface area contributed by atoms with Gasteiger partial charge in [0.15, 0.2) is 0 Å². The van der Waals surface area contributed by atoms with Crippen LogP contribution in [0, 0.1) is 6.92 Å². The maximum Gasteiger partial charge on any atom is 0.336 e. The van der Waals surface area contributed by atoms with E-state index in [1.807, 2.05) is 6.92 Å². The van der Waals surface area contributed by atoms with Crippen LogP contribution in [-0.2, 0) is 0 Å². The first-order valence-electron chi connectivity index (χ1n) is 4.58. The topological polar surface area (TPSA) is 56.2 Å². The monoisotopic (exact) mass is 203 g/mol. The SMILES string of the molecule is C=Cc1cc2oc(=O)cc(C)c2cc1N.[HH]. The summed E-state index contributed by atoms with van der Waals surface area (Å²) in [6, 6.07) is 4.98. The largest absolute Gasteiger partial charge is 0.423 e. The molecule has 0 radical (unpaired) electrons. The molecule has 1 heterocycles. The quantitative estimate of drug-likeness (QED) is 0.572. The molecule has 0 atom stereocenters. The molecule has 0 aliphatic rings. The van der Waals surface area contributed by atoms with Gasteiger partial charge in [-0.2, -0.15) is 0 Å². The van der Waals surface area contributed by atoms with Crippen LogP contribution < -0.4 is 11.4 Å². The molecule has 1 aromatic carbocycles. The van der Waals surface area contributed by atoms with Crippen molar-refractivity contribution in [3.8, 4) is 0 Å². The molecule has 0 amide bonds. The lowest BCUT2D eigenvalue weighted by atomic mass is 10.1. The van der Waals surface area contributed by atoms with E-state index in [0.29, 0.717) is 11.3 Å². The summed E-state index contributed by atoms with van der Waals surface area (Å²) in [6.45, 7) is 5.50. The maximum atomic E-state index is 11.2. The van der Waals surface area contributed by atoms with Crippen LogP contribution >= 0.6 is 0 Å². The first-order valence-corrected chi connectivity index (χ1v) is 4.58. The highest BCUT2D eigenvalue weighted by atomic mass is 16.4. The van der Waals surface area contributed by atoms with E-state index >= 15 is 0 Å². The average Bonchev–Trinajstić information content (AvgIpc) is 2.18. The number of nitrogens with two attached hydrogens (primary N) is 1. The second kappa shape index (κ2) is 3.28. The lowest BCUT2D eigenvalue weighted by molar-refractivity contribution is 0.560. The maximum absolute atomic E-state index is 11.2. The Kier molecular flexibility index (Phi) is 2.08. The summed E-state index contributed by atoms with van der Waals surface area (Å²) >= 11 is 0. The molecule has 0 saturated carbocycles. The summed E-state index contributed by atoms with van der Waals surface area (Å²) in [6.07, 6.45) is 1.64. The van der Waals surface area contributed by atoms with E-state index in [2.05, 4.69) is 6.58 Å². The van der Waals surface area contributed by atoms with Crippen LogP contribution in [0.15, 0.2) is 34.0 Å². The fraction of sp³-hybridized carbons (Fsp3) is 0.0833. The zero-order valence-corrected chi connectivity index (χ0v) is 8.41. The van der Waals surface area contributed by atoms with Crippen LogP contribution in [0.5, 0.6) is 0 Å². The number of benzene rings is 1. The number of rotatable bonds is 1. The molecule has 2 aromatic rings. The lowest BCUT2D eigenvalue weighted by Crippen LogP contribution is -1.99. The normalized spacial score (nSPS) is 10.5. The predicted octanol–water partition coefficient (Wildman–Crippen LogP) is 2.57. The molecule has 78 valence electrons. The summed E-state index contributed by atoms with van der Waals surface area (Å²) in [5.74, 6) is 0. The smallest absolute Gasteiger partial charge is 0.336 e. The van der Waals surface area contributed by atoms with Gasteiger partial charge in [0.2, 0.25) is 0 Å². The number of nitrogen functional groups attached to an aromatic ring is 1. The Labute approximate surface area is 88.3 Å². The molecular weight excluding hydrogens is 190 g/mol. The molecule has 0 unspecified atom stereocenters. The first kappa shape index (κ1) is 9.52. The van der Waals surface area contributed by atoms with Crippen molar-refractivity contribution in [2.45, 2.75) is 6.92 Å². The Balaban J connectivity index is 0.00000128. The van der Waals surface area contributed by atoms with Crippen molar-refractivity contribution in [1.82, 2.24) is 0 Å². The Morgan fingerprint density at radius 3 is 2.87 bits per heavy atom. The third kappa shape index (κ3) is 1.52. The molecule has 2 rings (SSSR count). The summed E-state index contributed by atoms with van der Waals surface area (Å²) in [7, 11) is 0. The number of hydrogen-bond acceptors (Lipinski definition) is 3. The van der Waals surface area contributed by atoms with Crippen molar-refractivity contribution < 1.29 is 5.84 Å². The Morgan fingerprint density at radius 1 is 1.47 bits per heavy atom. The zero-order chi connectivity index (χ0) is 11.0. The van der Waals surface area contributed by atoms with Crippen LogP contribution in [0.4, 0.5) is 5.69 Å². The fourth-order valence-corrected chi connectivity index (χ4v) is 1.57. The number of anilines is 1. The van der Waals surface area contributed by atoms with Crippen molar-refractivity contribution in [3.05, 3.63) is 46.3 Å². The minimum absolute atomic E-state index is 0. The Hall–Kier alpha value is -2.03. The van der Waals surface area contributed by atoms with Crippen LogP contribution in [0.25, 0.3) is 17.0 Å². The third-order valence-corrected chi connectivity index (χ3v) is 2.37. The molecule has 0 aliphatic heterocycles. The highest BCUT2D eigenvalue weighted by molar-refractivity contribution is 5.87. The molecular formula is C12H13NO2. The van der Waals surface area contributed by atoms with Gasteiger partial charge >= 0.3 is 5.63 Å². The fourth-order valence-electron chi connectivity index (χ4n) is 1.57. The van der Waals surface area contributed by atoms with Gasteiger partial charge in [0.05, 0.1) is 0 Å². The minimum atomic E-state index is -0.347. The summed E-state index contributed by atoms with van der Waals surface area (Å²) < 4.78 is 5.08. The van der Waals surface area contributed by atoms with Gasteiger partial charge in [-0.25, -0.2) is 4.79 Å². The van der Waals surface area contributed by atoms with Gasteiger partial charge in [-0.05, 0) is 24.6 Å². The zero-order valence-electron chi connectivity index (χ0n) is 8.41. The number of fused-ring (bicyclic) bond motifs is 1. The van der Waals surface area contributed by atoms with Gasteiger partial charge in [0.1, 0.15) is 5.58 Å². The van der Waals surface area contributed by atoms with Crippen molar-refractivity contribution >= 4 is 22.7 Å². The van der Waals surface area contributed by atoms with Crippen molar-refractivity contribution in [1.29, 1.82) is 0 Å². The molecule has 3 nitrogen and oxygen atoms in total. The van der Waals surface area contributed by atoms with E-state index in [1.165, 1.54) is 6.07 Å². The highest BCUT2D eigenvalue weighted by Crippen LogP contribution is 2.23. The summed E-state index contributed by atoms with van der Waals surface area (Å²) in [5, 5.41) is 0.859.